The lowest BCUT2D eigenvalue weighted by Gasteiger charge is -2.23. The molecule has 0 unspecified atom stereocenters. The largest absolute Gasteiger partial charge is 0.497 e. The van der Waals surface area contributed by atoms with Gasteiger partial charge in [0.15, 0.2) is 0 Å². The van der Waals surface area contributed by atoms with Gasteiger partial charge in [0.05, 0.1) is 20.2 Å². The molecule has 128 valence electrons. The highest BCUT2D eigenvalue weighted by Crippen LogP contribution is 2.10. The monoisotopic (exact) mass is 321 g/mol. The third-order valence-electron chi connectivity index (χ3n) is 2.99. The zero-order valence-electron chi connectivity index (χ0n) is 14.6. The van der Waals surface area contributed by atoms with Crippen molar-refractivity contribution in [3.05, 3.63) is 29.8 Å². The van der Waals surface area contributed by atoms with Crippen molar-refractivity contribution in [1.82, 2.24) is 15.5 Å². The highest BCUT2D eigenvalue weighted by molar-refractivity contribution is 5.81. The topological polar surface area (TPSA) is 70.7 Å². The maximum absolute atomic E-state index is 11.9. The summed E-state index contributed by atoms with van der Waals surface area (Å²) in [6.45, 7) is 6.58. The summed E-state index contributed by atoms with van der Waals surface area (Å²) in [6, 6.07) is 7.51. The van der Waals surface area contributed by atoms with Gasteiger partial charge in [0.25, 0.3) is 0 Å². The molecule has 0 heterocycles. The molecule has 0 atom stereocenters. The minimum atomic E-state index is -0.269. The van der Waals surface area contributed by atoms with Crippen LogP contribution in [0.2, 0.25) is 0 Å². The standard InChI is InChI=1S/C17H27N3O3/c1-17(2,3)19-16(22)12-20(4)11-15(21)18-10-13-6-8-14(23-5)9-7-13/h6-9H,10-12H2,1-5H3,(H,18,21)(H,19,22). The number of rotatable bonds is 7. The molecule has 0 aliphatic carbocycles. The van der Waals surface area contributed by atoms with E-state index in [1.165, 1.54) is 0 Å². The molecule has 0 aliphatic heterocycles. The van der Waals surface area contributed by atoms with Gasteiger partial charge in [-0.3, -0.25) is 14.5 Å². The van der Waals surface area contributed by atoms with Crippen molar-refractivity contribution in [2.24, 2.45) is 0 Å². The van der Waals surface area contributed by atoms with Gasteiger partial charge >= 0.3 is 0 Å². The Kier molecular flexibility index (Phi) is 7.03. The van der Waals surface area contributed by atoms with Crippen LogP contribution < -0.4 is 15.4 Å². The van der Waals surface area contributed by atoms with Crippen LogP contribution in [0.5, 0.6) is 5.75 Å². The lowest BCUT2D eigenvalue weighted by molar-refractivity contribution is -0.125. The smallest absolute Gasteiger partial charge is 0.234 e. The first-order valence-electron chi connectivity index (χ1n) is 7.59. The molecule has 1 aromatic rings. The number of nitrogens with zero attached hydrogens (tertiary/aromatic N) is 1. The van der Waals surface area contributed by atoms with Crippen molar-refractivity contribution >= 4 is 11.8 Å². The van der Waals surface area contributed by atoms with Crippen LogP contribution in [-0.4, -0.2) is 49.5 Å². The third kappa shape index (κ3) is 8.21. The SMILES string of the molecule is COc1ccc(CNC(=O)CN(C)CC(=O)NC(C)(C)C)cc1. The molecule has 6 heteroatoms. The molecular weight excluding hydrogens is 294 g/mol. The fraction of sp³-hybridized carbons (Fsp3) is 0.529. The van der Waals surface area contributed by atoms with Gasteiger partial charge in [-0.1, -0.05) is 12.1 Å². The van der Waals surface area contributed by atoms with Crippen molar-refractivity contribution in [1.29, 1.82) is 0 Å². The minimum Gasteiger partial charge on any atom is -0.497 e. The van der Waals surface area contributed by atoms with Gasteiger partial charge in [0.1, 0.15) is 5.75 Å². The molecule has 0 saturated heterocycles. The van der Waals surface area contributed by atoms with Crippen LogP contribution in [-0.2, 0) is 16.1 Å². The Morgan fingerprint density at radius 3 is 2.17 bits per heavy atom. The van der Waals surface area contributed by atoms with Gasteiger partial charge in [0, 0.05) is 12.1 Å². The fourth-order valence-corrected chi connectivity index (χ4v) is 2.00. The van der Waals surface area contributed by atoms with Crippen LogP contribution in [0.15, 0.2) is 24.3 Å². The molecule has 0 saturated carbocycles. The molecule has 1 rings (SSSR count). The number of methoxy groups -OCH3 is 1. The molecule has 0 bridgehead atoms. The summed E-state index contributed by atoms with van der Waals surface area (Å²) < 4.78 is 5.09. The van der Waals surface area contributed by atoms with Crippen molar-refractivity contribution < 1.29 is 14.3 Å². The van der Waals surface area contributed by atoms with Gasteiger partial charge in [-0.05, 0) is 45.5 Å². The molecular formula is C17H27N3O3. The Morgan fingerprint density at radius 1 is 1.09 bits per heavy atom. The van der Waals surface area contributed by atoms with Crippen molar-refractivity contribution in [3.8, 4) is 5.75 Å². The minimum absolute atomic E-state index is 0.0945. The van der Waals surface area contributed by atoms with Gasteiger partial charge < -0.3 is 15.4 Å². The summed E-state index contributed by atoms with van der Waals surface area (Å²) in [4.78, 5) is 25.4. The van der Waals surface area contributed by atoms with Crippen molar-refractivity contribution in [3.63, 3.8) is 0 Å². The molecule has 23 heavy (non-hydrogen) atoms. The van der Waals surface area contributed by atoms with Crippen molar-refractivity contribution in [2.45, 2.75) is 32.9 Å². The Bertz CT molecular complexity index is 521. The van der Waals surface area contributed by atoms with E-state index in [0.717, 1.165) is 11.3 Å². The van der Waals surface area contributed by atoms with Crippen LogP contribution in [0.3, 0.4) is 0 Å². The fourth-order valence-electron chi connectivity index (χ4n) is 2.00. The predicted octanol–water partition coefficient (Wildman–Crippen LogP) is 1.16. The van der Waals surface area contributed by atoms with Crippen LogP contribution in [0, 0.1) is 0 Å². The number of hydrogen-bond donors (Lipinski definition) is 2. The van der Waals surface area contributed by atoms with Crippen LogP contribution in [0.4, 0.5) is 0 Å². The number of likely N-dealkylation sites (N-methyl/N-ethyl adjacent to an activating group) is 1. The molecule has 6 nitrogen and oxygen atoms in total. The van der Waals surface area contributed by atoms with E-state index in [1.807, 2.05) is 45.0 Å². The number of carbonyl (C=O) groups excluding carboxylic acids is 2. The Balaban J connectivity index is 2.33. The van der Waals surface area contributed by atoms with Gasteiger partial charge in [-0.15, -0.1) is 0 Å². The van der Waals surface area contributed by atoms with E-state index in [4.69, 9.17) is 4.74 Å². The average Bonchev–Trinajstić information content (AvgIpc) is 2.43. The maximum Gasteiger partial charge on any atom is 0.234 e. The highest BCUT2D eigenvalue weighted by atomic mass is 16.5. The van der Waals surface area contributed by atoms with E-state index in [2.05, 4.69) is 10.6 Å². The average molecular weight is 321 g/mol. The third-order valence-corrected chi connectivity index (χ3v) is 2.99. The molecule has 2 N–H and O–H groups in total. The number of ether oxygens (including phenoxy) is 1. The van der Waals surface area contributed by atoms with Gasteiger partial charge in [0.2, 0.25) is 11.8 Å². The maximum atomic E-state index is 11.9. The Hall–Kier alpha value is -2.08. The van der Waals surface area contributed by atoms with E-state index in [9.17, 15) is 9.59 Å². The lowest BCUT2D eigenvalue weighted by atomic mass is 10.1. The summed E-state index contributed by atoms with van der Waals surface area (Å²) >= 11 is 0. The first-order valence-corrected chi connectivity index (χ1v) is 7.59. The van der Waals surface area contributed by atoms with E-state index in [0.29, 0.717) is 6.54 Å². The van der Waals surface area contributed by atoms with Gasteiger partial charge in [-0.25, -0.2) is 0 Å². The number of carbonyl (C=O) groups is 2. The van der Waals surface area contributed by atoms with E-state index in [1.54, 1.807) is 19.1 Å². The second-order valence-electron chi connectivity index (χ2n) is 6.60. The summed E-state index contributed by atoms with van der Waals surface area (Å²) in [5.41, 5.74) is 0.724. The number of hydrogen-bond acceptors (Lipinski definition) is 4. The Morgan fingerprint density at radius 2 is 1.65 bits per heavy atom. The van der Waals surface area contributed by atoms with Crippen molar-refractivity contribution in [2.75, 3.05) is 27.2 Å². The summed E-state index contributed by atoms with van der Waals surface area (Å²) in [5, 5.41) is 5.70. The zero-order chi connectivity index (χ0) is 17.5. The van der Waals surface area contributed by atoms with E-state index >= 15 is 0 Å². The first-order chi connectivity index (χ1) is 10.7. The molecule has 1 aromatic carbocycles. The van der Waals surface area contributed by atoms with Crippen LogP contribution in [0.25, 0.3) is 0 Å². The highest BCUT2D eigenvalue weighted by Gasteiger charge is 2.16. The first kappa shape index (κ1) is 19.0. The number of nitrogens with one attached hydrogen (secondary N) is 2. The predicted molar refractivity (Wildman–Crippen MR) is 90.2 cm³/mol. The quantitative estimate of drug-likeness (QED) is 0.790. The number of amides is 2. The molecule has 0 fully saturated rings. The second kappa shape index (κ2) is 8.53. The molecule has 0 radical (unpaired) electrons. The normalized spacial score (nSPS) is 11.2. The molecule has 2 amide bonds. The number of benzene rings is 1. The van der Waals surface area contributed by atoms with Crippen LogP contribution >= 0.6 is 0 Å². The summed E-state index contributed by atoms with van der Waals surface area (Å²) in [6.07, 6.45) is 0. The second-order valence-corrected chi connectivity index (χ2v) is 6.60. The summed E-state index contributed by atoms with van der Waals surface area (Å²) in [7, 11) is 3.36. The lowest BCUT2D eigenvalue weighted by Crippen LogP contribution is -2.46. The van der Waals surface area contributed by atoms with Gasteiger partial charge in [-0.2, -0.15) is 0 Å². The van der Waals surface area contributed by atoms with Crippen LogP contribution in [0.1, 0.15) is 26.3 Å². The molecule has 0 aliphatic rings. The van der Waals surface area contributed by atoms with E-state index in [-0.39, 0.29) is 30.4 Å². The molecule has 0 spiro atoms. The van der Waals surface area contributed by atoms with E-state index < -0.39 is 0 Å². The summed E-state index contributed by atoms with van der Waals surface area (Å²) in [5.74, 6) is 0.569. The zero-order valence-corrected chi connectivity index (χ0v) is 14.6. The Labute approximate surface area is 138 Å². The molecule has 0 aromatic heterocycles.